The van der Waals surface area contributed by atoms with Crippen LogP contribution in [-0.2, 0) is 0 Å². The fourth-order valence-corrected chi connectivity index (χ4v) is 1.29. The van der Waals surface area contributed by atoms with Gasteiger partial charge in [0.15, 0.2) is 0 Å². The molecule has 0 aromatic rings. The molecule has 0 saturated carbocycles. The smallest absolute Gasteiger partial charge is 0.0349 e. The number of rotatable bonds is 5. The van der Waals surface area contributed by atoms with Gasteiger partial charge < -0.3 is 0 Å². The third-order valence-corrected chi connectivity index (χ3v) is 2.29. The van der Waals surface area contributed by atoms with E-state index < -0.39 is 0 Å². The van der Waals surface area contributed by atoms with Gasteiger partial charge in [-0.3, -0.25) is 0 Å². The van der Waals surface area contributed by atoms with Crippen LogP contribution in [0, 0.1) is 18.8 Å². The van der Waals surface area contributed by atoms with Crippen LogP contribution in [0.1, 0.15) is 46.5 Å². The molecule has 0 bridgehead atoms. The van der Waals surface area contributed by atoms with Crippen molar-refractivity contribution in [1.29, 1.82) is 0 Å². The van der Waals surface area contributed by atoms with Crippen molar-refractivity contribution in [2.45, 2.75) is 46.5 Å². The zero-order valence-corrected chi connectivity index (χ0v) is 7.56. The standard InChI is InChI=1S/C10H20/c1-5-9(4)8-10(6-2)7-3/h1,9-10H,5-8H2,2-4H3. The highest BCUT2D eigenvalue weighted by molar-refractivity contribution is 4.61. The molecular weight excluding hydrogens is 120 g/mol. The van der Waals surface area contributed by atoms with Gasteiger partial charge in [0, 0.05) is 0 Å². The number of hydrogen-bond donors (Lipinski definition) is 0. The molecule has 0 aliphatic rings. The topological polar surface area (TPSA) is 0 Å². The van der Waals surface area contributed by atoms with Crippen LogP contribution in [0.15, 0.2) is 0 Å². The van der Waals surface area contributed by atoms with Crippen molar-refractivity contribution in [1.82, 2.24) is 0 Å². The fourth-order valence-electron chi connectivity index (χ4n) is 1.29. The highest BCUT2D eigenvalue weighted by atomic mass is 14.1. The van der Waals surface area contributed by atoms with E-state index in [-0.39, 0.29) is 0 Å². The quantitative estimate of drug-likeness (QED) is 0.548. The molecule has 0 N–H and O–H groups in total. The van der Waals surface area contributed by atoms with E-state index in [9.17, 15) is 0 Å². The van der Waals surface area contributed by atoms with Gasteiger partial charge in [-0.05, 0) is 31.6 Å². The molecule has 0 aliphatic heterocycles. The second-order valence-electron chi connectivity index (χ2n) is 3.26. The lowest BCUT2D eigenvalue weighted by Gasteiger charge is -2.16. The van der Waals surface area contributed by atoms with E-state index >= 15 is 0 Å². The van der Waals surface area contributed by atoms with E-state index in [0.29, 0.717) is 5.92 Å². The molecule has 0 heteroatoms. The van der Waals surface area contributed by atoms with Gasteiger partial charge in [-0.1, -0.05) is 33.6 Å². The van der Waals surface area contributed by atoms with Crippen molar-refractivity contribution in [3.63, 3.8) is 0 Å². The van der Waals surface area contributed by atoms with Crippen LogP contribution in [0.3, 0.4) is 0 Å². The zero-order chi connectivity index (χ0) is 7.98. The van der Waals surface area contributed by atoms with Crippen LogP contribution >= 0.6 is 0 Å². The summed E-state index contributed by atoms with van der Waals surface area (Å²) in [5.74, 6) is 1.61. The second-order valence-corrected chi connectivity index (χ2v) is 3.26. The lowest BCUT2D eigenvalue weighted by molar-refractivity contribution is 0.372. The summed E-state index contributed by atoms with van der Waals surface area (Å²) in [6.07, 6.45) is 4.77. The fraction of sp³-hybridized carbons (Fsp3) is 0.900. The summed E-state index contributed by atoms with van der Waals surface area (Å²) in [6.45, 7) is 12.3. The van der Waals surface area contributed by atoms with Gasteiger partial charge >= 0.3 is 0 Å². The van der Waals surface area contributed by atoms with Crippen molar-refractivity contribution in [2.24, 2.45) is 11.8 Å². The van der Waals surface area contributed by atoms with Gasteiger partial charge in [0.05, 0.1) is 0 Å². The lowest BCUT2D eigenvalue weighted by Crippen LogP contribution is -2.03. The Morgan fingerprint density at radius 3 is 2.00 bits per heavy atom. The summed E-state index contributed by atoms with van der Waals surface area (Å²) in [5, 5.41) is 0. The molecule has 0 fully saturated rings. The van der Waals surface area contributed by atoms with Crippen molar-refractivity contribution < 1.29 is 0 Å². The predicted molar refractivity (Wildman–Crippen MR) is 46.8 cm³/mol. The van der Waals surface area contributed by atoms with Crippen LogP contribution in [0.4, 0.5) is 0 Å². The van der Waals surface area contributed by atoms with E-state index in [1.165, 1.54) is 19.3 Å². The Morgan fingerprint density at radius 2 is 1.70 bits per heavy atom. The van der Waals surface area contributed by atoms with Crippen LogP contribution in [-0.4, -0.2) is 0 Å². The minimum absolute atomic E-state index is 0.713. The average Bonchev–Trinajstić information content (AvgIpc) is 1.99. The van der Waals surface area contributed by atoms with Gasteiger partial charge in [-0.25, -0.2) is 0 Å². The summed E-state index contributed by atoms with van der Waals surface area (Å²) < 4.78 is 0. The van der Waals surface area contributed by atoms with Crippen LogP contribution < -0.4 is 0 Å². The zero-order valence-electron chi connectivity index (χ0n) is 7.56. The monoisotopic (exact) mass is 140 g/mol. The van der Waals surface area contributed by atoms with Crippen molar-refractivity contribution in [2.75, 3.05) is 0 Å². The molecule has 0 aromatic heterocycles. The Bertz CT molecular complexity index is 62.4. The lowest BCUT2D eigenvalue weighted by atomic mass is 9.90. The molecule has 0 rings (SSSR count). The Balaban J connectivity index is 3.41. The van der Waals surface area contributed by atoms with Crippen molar-refractivity contribution in [3.8, 4) is 0 Å². The minimum Gasteiger partial charge on any atom is -0.0651 e. The van der Waals surface area contributed by atoms with Crippen molar-refractivity contribution >= 4 is 0 Å². The van der Waals surface area contributed by atoms with E-state index in [1.807, 2.05) is 0 Å². The van der Waals surface area contributed by atoms with Crippen LogP contribution in [0.2, 0.25) is 0 Å². The maximum absolute atomic E-state index is 5.53. The first-order valence-electron chi connectivity index (χ1n) is 4.44. The maximum atomic E-state index is 5.53. The molecular formula is C10H20. The highest BCUT2D eigenvalue weighted by Crippen LogP contribution is 2.19. The molecule has 0 amide bonds. The molecule has 60 valence electrons. The van der Waals surface area contributed by atoms with Gasteiger partial charge in [-0.15, -0.1) is 0 Å². The van der Waals surface area contributed by atoms with Crippen molar-refractivity contribution in [3.05, 3.63) is 6.92 Å². The van der Waals surface area contributed by atoms with Gasteiger partial charge in [0.2, 0.25) is 0 Å². The summed E-state index contributed by atoms with van der Waals surface area (Å²) >= 11 is 0. The third-order valence-electron chi connectivity index (χ3n) is 2.29. The van der Waals surface area contributed by atoms with E-state index in [2.05, 4.69) is 20.8 Å². The Kier molecular flexibility index (Phi) is 5.76. The van der Waals surface area contributed by atoms with E-state index in [1.54, 1.807) is 0 Å². The largest absolute Gasteiger partial charge is 0.0651 e. The first-order chi connectivity index (χ1) is 4.74. The van der Waals surface area contributed by atoms with Gasteiger partial charge in [0.25, 0.3) is 0 Å². The number of hydrogen-bond acceptors (Lipinski definition) is 0. The Hall–Kier alpha value is 0. The second kappa shape index (κ2) is 5.76. The maximum Gasteiger partial charge on any atom is -0.0349 e. The van der Waals surface area contributed by atoms with Crippen LogP contribution in [0.5, 0.6) is 0 Å². The summed E-state index contributed by atoms with van der Waals surface area (Å²) in [4.78, 5) is 0. The Labute approximate surface area is 66.0 Å². The van der Waals surface area contributed by atoms with E-state index in [0.717, 1.165) is 12.3 Å². The molecule has 2 radical (unpaired) electrons. The predicted octanol–water partition coefficient (Wildman–Crippen LogP) is 3.55. The van der Waals surface area contributed by atoms with Crippen LogP contribution in [0.25, 0.3) is 0 Å². The molecule has 0 saturated heterocycles. The summed E-state index contributed by atoms with van der Waals surface area (Å²) in [7, 11) is 0. The summed E-state index contributed by atoms with van der Waals surface area (Å²) in [5.41, 5.74) is 0. The van der Waals surface area contributed by atoms with Gasteiger partial charge in [-0.2, -0.15) is 0 Å². The molecule has 0 heterocycles. The molecule has 1 unspecified atom stereocenters. The average molecular weight is 140 g/mol. The molecule has 0 spiro atoms. The molecule has 0 aliphatic carbocycles. The molecule has 0 aromatic carbocycles. The van der Waals surface area contributed by atoms with E-state index in [4.69, 9.17) is 6.92 Å². The SMILES string of the molecule is [CH]CC(C)CC(CC)CC. The molecule has 0 nitrogen and oxygen atoms in total. The summed E-state index contributed by atoms with van der Waals surface area (Å²) in [6, 6.07) is 0. The molecule has 10 heavy (non-hydrogen) atoms. The van der Waals surface area contributed by atoms with Gasteiger partial charge in [0.1, 0.15) is 0 Å². The minimum atomic E-state index is 0.713. The Morgan fingerprint density at radius 1 is 1.20 bits per heavy atom. The first kappa shape index (κ1) is 10.0. The first-order valence-corrected chi connectivity index (χ1v) is 4.44. The molecule has 1 atom stereocenters. The third kappa shape index (κ3) is 3.92. The highest BCUT2D eigenvalue weighted by Gasteiger charge is 2.07. The normalized spacial score (nSPS) is 14.1.